The van der Waals surface area contributed by atoms with Gasteiger partial charge < -0.3 is 14.5 Å². The van der Waals surface area contributed by atoms with Crippen LogP contribution in [0, 0.1) is 0 Å². The van der Waals surface area contributed by atoms with Crippen molar-refractivity contribution in [2.45, 2.75) is 13.0 Å². The standard InChI is InChI=1S/C28H24N2O4/c1-33-28-18-26(34-19-20-12-14-29-15-13-20)11-7-21(28)6-9-24(31)17-25(32)10-8-23-16-22-4-2-3-5-27(22)30-23/h2-16,18,30H,17,19H2,1H3/b9-6+,10-8+. The van der Waals surface area contributed by atoms with Crippen molar-refractivity contribution in [1.29, 1.82) is 0 Å². The number of aromatic amines is 1. The van der Waals surface area contributed by atoms with E-state index < -0.39 is 0 Å². The molecular formula is C28H24N2O4. The van der Waals surface area contributed by atoms with Crippen molar-refractivity contribution in [1.82, 2.24) is 9.97 Å². The lowest BCUT2D eigenvalue weighted by atomic mass is 10.1. The molecule has 0 saturated carbocycles. The Morgan fingerprint density at radius 3 is 2.47 bits per heavy atom. The largest absolute Gasteiger partial charge is 0.496 e. The van der Waals surface area contributed by atoms with Crippen LogP contribution < -0.4 is 9.47 Å². The minimum atomic E-state index is -0.286. The summed E-state index contributed by atoms with van der Waals surface area (Å²) < 4.78 is 11.2. The Hall–Kier alpha value is -4.45. The average Bonchev–Trinajstić information content (AvgIpc) is 3.29. The van der Waals surface area contributed by atoms with Gasteiger partial charge in [0, 0.05) is 35.2 Å². The summed E-state index contributed by atoms with van der Waals surface area (Å²) in [6.45, 7) is 0.410. The zero-order valence-corrected chi connectivity index (χ0v) is 18.7. The van der Waals surface area contributed by atoms with Crippen molar-refractivity contribution in [3.05, 3.63) is 102 Å². The Bertz CT molecular complexity index is 1320. The highest BCUT2D eigenvalue weighted by atomic mass is 16.5. The number of para-hydroxylation sites is 1. The fourth-order valence-corrected chi connectivity index (χ4v) is 3.41. The van der Waals surface area contributed by atoms with Gasteiger partial charge in [0.05, 0.1) is 13.5 Å². The molecule has 0 aliphatic rings. The zero-order chi connectivity index (χ0) is 23.8. The molecule has 4 aromatic rings. The lowest BCUT2D eigenvalue weighted by molar-refractivity contribution is -0.121. The molecular weight excluding hydrogens is 428 g/mol. The summed E-state index contributed by atoms with van der Waals surface area (Å²) in [7, 11) is 1.56. The number of rotatable bonds is 10. The minimum Gasteiger partial charge on any atom is -0.496 e. The van der Waals surface area contributed by atoms with Gasteiger partial charge in [-0.25, -0.2) is 0 Å². The van der Waals surface area contributed by atoms with Crippen molar-refractivity contribution in [3.8, 4) is 11.5 Å². The van der Waals surface area contributed by atoms with Gasteiger partial charge in [-0.1, -0.05) is 18.2 Å². The van der Waals surface area contributed by atoms with E-state index >= 15 is 0 Å². The minimum absolute atomic E-state index is 0.206. The lowest BCUT2D eigenvalue weighted by Gasteiger charge is -2.10. The first-order chi connectivity index (χ1) is 16.6. The van der Waals surface area contributed by atoms with Crippen LogP contribution in [0.1, 0.15) is 23.2 Å². The van der Waals surface area contributed by atoms with Crippen LogP contribution in [-0.2, 0) is 16.2 Å². The van der Waals surface area contributed by atoms with Gasteiger partial charge in [-0.3, -0.25) is 14.6 Å². The van der Waals surface area contributed by atoms with E-state index in [2.05, 4.69) is 9.97 Å². The first-order valence-electron chi connectivity index (χ1n) is 10.8. The topological polar surface area (TPSA) is 81.3 Å². The number of nitrogens with zero attached hydrogens (tertiary/aromatic N) is 1. The number of allylic oxidation sites excluding steroid dienone is 2. The number of H-pyrrole nitrogens is 1. The Morgan fingerprint density at radius 2 is 1.71 bits per heavy atom. The van der Waals surface area contributed by atoms with E-state index in [0.717, 1.165) is 22.2 Å². The molecule has 0 atom stereocenters. The molecule has 0 fully saturated rings. The van der Waals surface area contributed by atoms with Gasteiger partial charge in [-0.05, 0) is 71.7 Å². The molecule has 2 heterocycles. The van der Waals surface area contributed by atoms with Gasteiger partial charge in [0.15, 0.2) is 11.6 Å². The maximum absolute atomic E-state index is 12.3. The highest BCUT2D eigenvalue weighted by molar-refractivity contribution is 6.11. The average molecular weight is 453 g/mol. The van der Waals surface area contributed by atoms with Crippen LogP contribution >= 0.6 is 0 Å². The quantitative estimate of drug-likeness (QED) is 0.257. The predicted molar refractivity (Wildman–Crippen MR) is 133 cm³/mol. The molecule has 0 amide bonds. The molecule has 170 valence electrons. The van der Waals surface area contributed by atoms with Crippen molar-refractivity contribution >= 4 is 34.6 Å². The number of hydrogen-bond donors (Lipinski definition) is 1. The third kappa shape index (κ3) is 6.07. The smallest absolute Gasteiger partial charge is 0.163 e. The van der Waals surface area contributed by atoms with Crippen LogP contribution in [0.3, 0.4) is 0 Å². The van der Waals surface area contributed by atoms with E-state index in [9.17, 15) is 9.59 Å². The summed E-state index contributed by atoms with van der Waals surface area (Å²) >= 11 is 0. The maximum Gasteiger partial charge on any atom is 0.163 e. The Balaban J connectivity index is 1.33. The summed E-state index contributed by atoms with van der Waals surface area (Å²) in [6, 6.07) is 19.0. The van der Waals surface area contributed by atoms with Gasteiger partial charge in [-0.15, -0.1) is 0 Å². The molecule has 0 unspecified atom stereocenters. The summed E-state index contributed by atoms with van der Waals surface area (Å²) in [5.74, 6) is 0.669. The van der Waals surface area contributed by atoms with Crippen LogP contribution in [0.5, 0.6) is 11.5 Å². The highest BCUT2D eigenvalue weighted by Crippen LogP contribution is 2.26. The number of pyridine rings is 1. The summed E-state index contributed by atoms with van der Waals surface area (Å²) in [5, 5.41) is 1.07. The van der Waals surface area contributed by atoms with E-state index in [-0.39, 0.29) is 18.0 Å². The van der Waals surface area contributed by atoms with Gasteiger partial charge in [0.25, 0.3) is 0 Å². The number of nitrogens with one attached hydrogen (secondary N) is 1. The van der Waals surface area contributed by atoms with Gasteiger partial charge >= 0.3 is 0 Å². The number of carbonyl (C=O) groups excluding carboxylic acids is 2. The van der Waals surface area contributed by atoms with Crippen LogP contribution in [0.15, 0.2) is 85.2 Å². The fourth-order valence-electron chi connectivity index (χ4n) is 3.41. The van der Waals surface area contributed by atoms with E-state index in [0.29, 0.717) is 23.7 Å². The number of hydrogen-bond acceptors (Lipinski definition) is 5. The molecule has 34 heavy (non-hydrogen) atoms. The number of benzene rings is 2. The Morgan fingerprint density at radius 1 is 0.941 bits per heavy atom. The molecule has 0 aliphatic heterocycles. The second-order valence-electron chi connectivity index (χ2n) is 7.64. The molecule has 6 nitrogen and oxygen atoms in total. The second-order valence-corrected chi connectivity index (χ2v) is 7.64. The molecule has 0 radical (unpaired) electrons. The van der Waals surface area contributed by atoms with Crippen LogP contribution in [0.2, 0.25) is 0 Å². The third-order valence-electron chi connectivity index (χ3n) is 5.16. The lowest BCUT2D eigenvalue weighted by Crippen LogP contribution is -2.02. The molecule has 1 N–H and O–H groups in total. The molecule has 2 aromatic carbocycles. The van der Waals surface area contributed by atoms with Crippen molar-refractivity contribution in [3.63, 3.8) is 0 Å². The SMILES string of the molecule is COc1cc(OCc2ccncc2)ccc1/C=C/C(=O)CC(=O)/C=C/c1cc2ccccc2[nH]1. The van der Waals surface area contributed by atoms with Gasteiger partial charge in [0.1, 0.15) is 18.1 Å². The normalized spacial score (nSPS) is 11.3. The van der Waals surface area contributed by atoms with Crippen molar-refractivity contribution in [2.75, 3.05) is 7.11 Å². The van der Waals surface area contributed by atoms with Gasteiger partial charge in [-0.2, -0.15) is 0 Å². The van der Waals surface area contributed by atoms with E-state index in [1.165, 1.54) is 12.2 Å². The summed E-state index contributed by atoms with van der Waals surface area (Å²) in [5.41, 5.74) is 3.53. The summed E-state index contributed by atoms with van der Waals surface area (Å²) in [6.07, 6.45) is 9.37. The molecule has 2 aromatic heterocycles. The number of ether oxygens (including phenoxy) is 2. The number of carbonyl (C=O) groups is 2. The molecule has 6 heteroatoms. The molecule has 4 rings (SSSR count). The van der Waals surface area contributed by atoms with Gasteiger partial charge in [0.2, 0.25) is 0 Å². The molecule has 0 aliphatic carbocycles. The molecule has 0 spiro atoms. The van der Waals surface area contributed by atoms with Crippen LogP contribution in [0.4, 0.5) is 0 Å². The Kier molecular flexibility index (Phi) is 7.30. The zero-order valence-electron chi connectivity index (χ0n) is 18.7. The van der Waals surface area contributed by atoms with Crippen LogP contribution in [-0.4, -0.2) is 28.6 Å². The van der Waals surface area contributed by atoms with Crippen LogP contribution in [0.25, 0.3) is 23.1 Å². The van der Waals surface area contributed by atoms with E-state index in [1.54, 1.807) is 37.7 Å². The second kappa shape index (κ2) is 10.9. The molecule has 0 bridgehead atoms. The highest BCUT2D eigenvalue weighted by Gasteiger charge is 2.07. The van der Waals surface area contributed by atoms with Crippen molar-refractivity contribution in [2.24, 2.45) is 0 Å². The predicted octanol–water partition coefficient (Wildman–Crippen LogP) is 5.41. The Labute approximate surface area is 197 Å². The van der Waals surface area contributed by atoms with Crippen molar-refractivity contribution < 1.29 is 19.1 Å². The van der Waals surface area contributed by atoms with E-state index in [4.69, 9.17) is 9.47 Å². The number of ketones is 2. The number of fused-ring (bicyclic) bond motifs is 1. The maximum atomic E-state index is 12.3. The monoisotopic (exact) mass is 452 g/mol. The number of methoxy groups -OCH3 is 1. The third-order valence-corrected chi connectivity index (χ3v) is 5.16. The molecule has 0 saturated heterocycles. The number of aromatic nitrogens is 2. The first-order valence-corrected chi connectivity index (χ1v) is 10.8. The first kappa shape index (κ1) is 22.7. The summed E-state index contributed by atoms with van der Waals surface area (Å²) in [4.78, 5) is 31.7. The van der Waals surface area contributed by atoms with E-state index in [1.807, 2.05) is 54.6 Å². The fraction of sp³-hybridized carbons (Fsp3) is 0.107.